The predicted octanol–water partition coefficient (Wildman–Crippen LogP) is 3.45. The van der Waals surface area contributed by atoms with Gasteiger partial charge in [0.05, 0.1) is 29.4 Å². The van der Waals surface area contributed by atoms with Gasteiger partial charge in [0.15, 0.2) is 0 Å². The van der Waals surface area contributed by atoms with Gasteiger partial charge in [-0.3, -0.25) is 14.2 Å². The van der Waals surface area contributed by atoms with Crippen molar-refractivity contribution >= 4 is 34.1 Å². The van der Waals surface area contributed by atoms with Crippen LogP contribution in [0.3, 0.4) is 0 Å². The first-order valence-corrected chi connectivity index (χ1v) is 9.81. The number of hydrogen-bond acceptors (Lipinski definition) is 4. The Morgan fingerprint density at radius 3 is 2.39 bits per heavy atom. The Hall–Kier alpha value is -3.84. The zero-order chi connectivity index (χ0) is 22.0. The number of nitrogens with zero attached hydrogens (tertiary/aromatic N) is 2. The van der Waals surface area contributed by atoms with Crippen LogP contribution in [0.4, 0.5) is 5.69 Å². The Morgan fingerprint density at radius 2 is 1.65 bits per heavy atom. The first kappa shape index (κ1) is 20.4. The lowest BCUT2D eigenvalue weighted by atomic mass is 10.2. The van der Waals surface area contributed by atoms with E-state index in [1.54, 1.807) is 72.8 Å². The molecule has 0 aliphatic carbocycles. The molecule has 0 aliphatic rings. The number of aromatic nitrogens is 2. The monoisotopic (exact) mass is 435 g/mol. The fourth-order valence-corrected chi connectivity index (χ4v) is 3.50. The molecule has 7 nitrogen and oxygen atoms in total. The molecule has 1 amide bonds. The molecule has 0 saturated heterocycles. The van der Waals surface area contributed by atoms with Crippen molar-refractivity contribution in [3.63, 3.8) is 0 Å². The maximum Gasteiger partial charge on any atom is 0.336 e. The molecule has 1 aromatic heterocycles. The fraction of sp³-hybridized carbons (Fsp3) is 0.0870. The number of methoxy groups -OCH3 is 1. The van der Waals surface area contributed by atoms with E-state index < -0.39 is 17.2 Å². The topological polar surface area (TPSA) is 82.3 Å². The van der Waals surface area contributed by atoms with Crippen LogP contribution in [0.2, 0.25) is 5.02 Å². The van der Waals surface area contributed by atoms with Gasteiger partial charge in [0.2, 0.25) is 5.91 Å². The molecule has 0 bridgehead atoms. The van der Waals surface area contributed by atoms with Crippen molar-refractivity contribution in [3.8, 4) is 11.4 Å². The quantitative estimate of drug-likeness (QED) is 0.520. The highest BCUT2D eigenvalue weighted by molar-refractivity contribution is 6.30. The third-order valence-electron chi connectivity index (χ3n) is 4.82. The lowest BCUT2D eigenvalue weighted by Crippen LogP contribution is -2.40. The minimum atomic E-state index is -0.624. The van der Waals surface area contributed by atoms with Gasteiger partial charge in [0.25, 0.3) is 5.56 Å². The molecule has 0 unspecified atom stereocenters. The lowest BCUT2D eigenvalue weighted by molar-refractivity contribution is -0.116. The van der Waals surface area contributed by atoms with Gasteiger partial charge in [0, 0.05) is 5.02 Å². The standard InChI is InChI=1S/C23H18ClN3O4/c1-31-20-9-5-3-7-18(20)25-21(28)14-26-19-8-4-2-6-17(19)22(29)27(23(26)30)16-12-10-15(24)11-13-16/h2-13H,14H2,1H3,(H,25,28). The molecule has 0 atom stereocenters. The van der Waals surface area contributed by atoms with E-state index in [4.69, 9.17) is 16.3 Å². The second kappa shape index (κ2) is 8.49. The molecule has 4 aromatic rings. The summed E-state index contributed by atoms with van der Waals surface area (Å²) in [7, 11) is 1.50. The van der Waals surface area contributed by atoms with E-state index in [9.17, 15) is 14.4 Å². The number of fused-ring (bicyclic) bond motifs is 1. The highest BCUT2D eigenvalue weighted by Gasteiger charge is 2.17. The van der Waals surface area contributed by atoms with Crippen LogP contribution in [0, 0.1) is 0 Å². The van der Waals surface area contributed by atoms with Gasteiger partial charge >= 0.3 is 5.69 Å². The van der Waals surface area contributed by atoms with Crippen LogP contribution in [-0.4, -0.2) is 22.2 Å². The van der Waals surface area contributed by atoms with Gasteiger partial charge in [-0.2, -0.15) is 0 Å². The highest BCUT2D eigenvalue weighted by Crippen LogP contribution is 2.23. The summed E-state index contributed by atoms with van der Waals surface area (Å²) in [6.45, 7) is -0.286. The van der Waals surface area contributed by atoms with Crippen molar-refractivity contribution in [2.24, 2.45) is 0 Å². The van der Waals surface area contributed by atoms with Gasteiger partial charge in [-0.05, 0) is 48.5 Å². The molecule has 31 heavy (non-hydrogen) atoms. The molecule has 0 aliphatic heterocycles. The Morgan fingerprint density at radius 1 is 0.968 bits per heavy atom. The molecule has 0 fully saturated rings. The van der Waals surface area contributed by atoms with Gasteiger partial charge in [-0.15, -0.1) is 0 Å². The molecular formula is C23H18ClN3O4. The molecule has 0 spiro atoms. The third-order valence-corrected chi connectivity index (χ3v) is 5.07. The van der Waals surface area contributed by atoms with Crippen LogP contribution in [-0.2, 0) is 11.3 Å². The van der Waals surface area contributed by atoms with Gasteiger partial charge in [0.1, 0.15) is 12.3 Å². The Labute approximate surface area is 182 Å². The number of ether oxygens (including phenoxy) is 1. The molecule has 0 saturated carbocycles. The summed E-state index contributed by atoms with van der Waals surface area (Å²) in [4.78, 5) is 39.1. The summed E-state index contributed by atoms with van der Waals surface area (Å²) >= 11 is 5.94. The number of amides is 1. The molecule has 3 aromatic carbocycles. The summed E-state index contributed by atoms with van der Waals surface area (Å²) < 4.78 is 7.56. The average molecular weight is 436 g/mol. The van der Waals surface area contributed by atoms with Crippen LogP contribution < -0.4 is 21.3 Å². The molecule has 1 N–H and O–H groups in total. The Bertz CT molecular complexity index is 1390. The number of halogens is 1. The third kappa shape index (κ3) is 3.95. The number of carbonyl (C=O) groups excluding carboxylic acids is 1. The van der Waals surface area contributed by atoms with Crippen LogP contribution in [0.25, 0.3) is 16.6 Å². The molecule has 4 rings (SSSR count). The van der Waals surface area contributed by atoms with Crippen molar-refractivity contribution in [3.05, 3.63) is 98.7 Å². The summed E-state index contributed by atoms with van der Waals surface area (Å²) in [5, 5.41) is 3.56. The largest absolute Gasteiger partial charge is 0.495 e. The van der Waals surface area contributed by atoms with Crippen molar-refractivity contribution in [2.75, 3.05) is 12.4 Å². The maximum atomic E-state index is 13.3. The number of hydrogen-bond donors (Lipinski definition) is 1. The highest BCUT2D eigenvalue weighted by atomic mass is 35.5. The first-order chi connectivity index (χ1) is 15.0. The maximum absolute atomic E-state index is 13.3. The van der Waals surface area contributed by atoms with E-state index in [1.807, 2.05) is 0 Å². The van der Waals surface area contributed by atoms with Crippen LogP contribution >= 0.6 is 11.6 Å². The Balaban J connectivity index is 1.82. The van der Waals surface area contributed by atoms with E-state index in [2.05, 4.69) is 5.32 Å². The molecule has 8 heteroatoms. The minimum absolute atomic E-state index is 0.286. The number of benzene rings is 3. The van der Waals surface area contributed by atoms with Crippen molar-refractivity contribution in [2.45, 2.75) is 6.54 Å². The predicted molar refractivity (Wildman–Crippen MR) is 120 cm³/mol. The number of carbonyl (C=O) groups is 1. The summed E-state index contributed by atoms with van der Waals surface area (Å²) in [5.41, 5.74) is 0.130. The summed E-state index contributed by atoms with van der Waals surface area (Å²) in [5.74, 6) is 0.0669. The number of nitrogens with one attached hydrogen (secondary N) is 1. The van der Waals surface area contributed by atoms with E-state index in [0.29, 0.717) is 33.0 Å². The minimum Gasteiger partial charge on any atom is -0.495 e. The van der Waals surface area contributed by atoms with Gasteiger partial charge < -0.3 is 10.1 Å². The number of anilines is 1. The first-order valence-electron chi connectivity index (χ1n) is 9.43. The van der Waals surface area contributed by atoms with Crippen LogP contribution in [0.1, 0.15) is 0 Å². The van der Waals surface area contributed by atoms with Crippen LogP contribution in [0.5, 0.6) is 5.75 Å². The van der Waals surface area contributed by atoms with E-state index in [1.165, 1.54) is 11.7 Å². The van der Waals surface area contributed by atoms with Crippen molar-refractivity contribution < 1.29 is 9.53 Å². The lowest BCUT2D eigenvalue weighted by Gasteiger charge is -2.15. The molecule has 156 valence electrons. The zero-order valence-electron chi connectivity index (χ0n) is 16.5. The SMILES string of the molecule is COc1ccccc1NC(=O)Cn1c(=O)n(-c2ccc(Cl)cc2)c(=O)c2ccccc21. The number of rotatable bonds is 5. The molecule has 0 radical (unpaired) electrons. The second-order valence-electron chi connectivity index (χ2n) is 6.75. The summed E-state index contributed by atoms with van der Waals surface area (Å²) in [6, 6.07) is 20.0. The van der Waals surface area contributed by atoms with Gasteiger partial charge in [-0.1, -0.05) is 35.9 Å². The van der Waals surface area contributed by atoms with E-state index in [-0.39, 0.29) is 6.54 Å². The second-order valence-corrected chi connectivity index (χ2v) is 7.19. The summed E-state index contributed by atoms with van der Waals surface area (Å²) in [6.07, 6.45) is 0. The Kier molecular flexibility index (Phi) is 5.60. The smallest absolute Gasteiger partial charge is 0.336 e. The van der Waals surface area contributed by atoms with E-state index >= 15 is 0 Å². The normalized spacial score (nSPS) is 10.8. The van der Waals surface area contributed by atoms with Crippen molar-refractivity contribution in [1.82, 2.24) is 9.13 Å². The van der Waals surface area contributed by atoms with Gasteiger partial charge in [-0.25, -0.2) is 9.36 Å². The number of para-hydroxylation sites is 3. The van der Waals surface area contributed by atoms with Crippen molar-refractivity contribution in [1.29, 1.82) is 0 Å². The van der Waals surface area contributed by atoms with E-state index in [0.717, 1.165) is 4.57 Å². The molecule has 1 heterocycles. The molecular weight excluding hydrogens is 418 g/mol. The average Bonchev–Trinajstić information content (AvgIpc) is 2.78. The zero-order valence-corrected chi connectivity index (χ0v) is 17.3. The van der Waals surface area contributed by atoms with Crippen LogP contribution in [0.15, 0.2) is 82.4 Å². The fourth-order valence-electron chi connectivity index (χ4n) is 3.37.